The van der Waals surface area contributed by atoms with Gasteiger partial charge in [0.2, 0.25) is 10.0 Å². The molecule has 7 nitrogen and oxygen atoms in total. The molecule has 2 rings (SSSR count). The summed E-state index contributed by atoms with van der Waals surface area (Å²) in [5.74, 6) is -1.05. The van der Waals surface area contributed by atoms with E-state index in [0.29, 0.717) is 18.5 Å². The van der Waals surface area contributed by atoms with Crippen molar-refractivity contribution < 1.29 is 27.5 Å². The fraction of sp³-hybridized carbons (Fsp3) is 0.238. The van der Waals surface area contributed by atoms with Gasteiger partial charge < -0.3 is 9.47 Å². The number of hydrogen-bond acceptors (Lipinski definition) is 6. The van der Waals surface area contributed by atoms with E-state index >= 15 is 0 Å². The van der Waals surface area contributed by atoms with E-state index in [1.165, 1.54) is 43.4 Å². The molecule has 0 heterocycles. The van der Waals surface area contributed by atoms with Crippen molar-refractivity contribution in [2.24, 2.45) is 0 Å². The zero-order valence-corrected chi connectivity index (χ0v) is 17.3. The van der Waals surface area contributed by atoms with Crippen LogP contribution in [0.1, 0.15) is 25.0 Å². The third-order valence-corrected chi connectivity index (χ3v) is 5.43. The minimum absolute atomic E-state index is 0.0321. The van der Waals surface area contributed by atoms with Crippen molar-refractivity contribution in [3.63, 3.8) is 0 Å². The van der Waals surface area contributed by atoms with E-state index < -0.39 is 22.0 Å². The number of carbonyl (C=O) groups is 2. The van der Waals surface area contributed by atoms with Crippen LogP contribution in [-0.2, 0) is 26.0 Å². The van der Waals surface area contributed by atoms with Crippen molar-refractivity contribution in [2.75, 3.05) is 13.6 Å². The van der Waals surface area contributed by atoms with E-state index in [0.717, 1.165) is 11.0 Å². The summed E-state index contributed by atoms with van der Waals surface area (Å²) in [6.45, 7) is 2.77. The lowest BCUT2D eigenvalue weighted by atomic mass is 10.2. The SMILES string of the molecule is CC(=O)Oc1ccc(/C=C/S(=O)(=O)N(C)CCc2ccccc2)cc1OC(C)=O. The van der Waals surface area contributed by atoms with E-state index in [1.807, 2.05) is 30.3 Å². The van der Waals surface area contributed by atoms with E-state index in [2.05, 4.69) is 0 Å². The third kappa shape index (κ3) is 7.17. The highest BCUT2D eigenvalue weighted by molar-refractivity contribution is 7.92. The molecule has 0 N–H and O–H groups in total. The topological polar surface area (TPSA) is 90.0 Å². The second-order valence-corrected chi connectivity index (χ2v) is 8.22. The number of likely N-dealkylation sites (N-methyl/N-ethyl adjacent to an activating group) is 1. The number of nitrogens with zero attached hydrogens (tertiary/aromatic N) is 1. The summed E-state index contributed by atoms with van der Waals surface area (Å²) >= 11 is 0. The Labute approximate surface area is 170 Å². The molecule has 0 saturated carbocycles. The maximum absolute atomic E-state index is 12.5. The van der Waals surface area contributed by atoms with E-state index in [1.54, 1.807) is 6.07 Å². The van der Waals surface area contributed by atoms with Crippen LogP contribution in [0.25, 0.3) is 6.08 Å². The van der Waals surface area contributed by atoms with Crippen LogP contribution >= 0.6 is 0 Å². The van der Waals surface area contributed by atoms with Crippen molar-refractivity contribution in [1.82, 2.24) is 4.31 Å². The highest BCUT2D eigenvalue weighted by Gasteiger charge is 2.15. The van der Waals surface area contributed by atoms with Gasteiger partial charge in [-0.3, -0.25) is 9.59 Å². The molecule has 0 aliphatic rings. The Morgan fingerprint density at radius 1 is 0.966 bits per heavy atom. The van der Waals surface area contributed by atoms with Crippen LogP contribution in [0.5, 0.6) is 11.5 Å². The monoisotopic (exact) mass is 417 g/mol. The van der Waals surface area contributed by atoms with Crippen molar-refractivity contribution in [1.29, 1.82) is 0 Å². The minimum atomic E-state index is -3.63. The molecule has 0 fully saturated rings. The molecule has 0 saturated heterocycles. The fourth-order valence-corrected chi connectivity index (χ4v) is 3.31. The van der Waals surface area contributed by atoms with Crippen LogP contribution in [-0.4, -0.2) is 38.3 Å². The average molecular weight is 417 g/mol. The zero-order valence-electron chi connectivity index (χ0n) is 16.5. The van der Waals surface area contributed by atoms with Gasteiger partial charge in [0.1, 0.15) is 0 Å². The van der Waals surface area contributed by atoms with Gasteiger partial charge in [-0.2, -0.15) is 0 Å². The normalized spacial score (nSPS) is 11.6. The predicted octanol–water partition coefficient (Wildman–Crippen LogP) is 3.01. The van der Waals surface area contributed by atoms with Gasteiger partial charge in [0, 0.05) is 32.8 Å². The number of ether oxygens (including phenoxy) is 2. The Morgan fingerprint density at radius 3 is 2.21 bits per heavy atom. The lowest BCUT2D eigenvalue weighted by Crippen LogP contribution is -2.27. The Kier molecular flexibility index (Phi) is 7.69. The Morgan fingerprint density at radius 2 is 1.59 bits per heavy atom. The van der Waals surface area contributed by atoms with Crippen LogP contribution in [0, 0.1) is 0 Å². The summed E-state index contributed by atoms with van der Waals surface area (Å²) in [7, 11) is -2.12. The van der Waals surface area contributed by atoms with Crippen LogP contribution in [0.15, 0.2) is 53.9 Å². The molecule has 2 aromatic carbocycles. The van der Waals surface area contributed by atoms with Gasteiger partial charge in [-0.05, 0) is 35.8 Å². The molecule has 0 spiro atoms. The number of sulfonamides is 1. The number of rotatable bonds is 8. The van der Waals surface area contributed by atoms with E-state index in [4.69, 9.17) is 9.47 Å². The molecule has 154 valence electrons. The van der Waals surface area contributed by atoms with Crippen LogP contribution in [0.4, 0.5) is 0 Å². The van der Waals surface area contributed by atoms with Gasteiger partial charge in [-0.25, -0.2) is 12.7 Å². The Balaban J connectivity index is 2.13. The summed E-state index contributed by atoms with van der Waals surface area (Å²) in [5.41, 5.74) is 1.52. The average Bonchev–Trinajstić information content (AvgIpc) is 2.66. The minimum Gasteiger partial charge on any atom is -0.423 e. The Bertz CT molecular complexity index is 999. The summed E-state index contributed by atoms with van der Waals surface area (Å²) in [6.07, 6.45) is 1.98. The molecule has 8 heteroatoms. The second-order valence-electron chi connectivity index (χ2n) is 6.30. The zero-order chi connectivity index (χ0) is 21.4. The van der Waals surface area contributed by atoms with Crippen LogP contribution in [0.2, 0.25) is 0 Å². The summed E-state index contributed by atoms with van der Waals surface area (Å²) in [5, 5.41) is 1.08. The van der Waals surface area contributed by atoms with Gasteiger partial charge in [-0.1, -0.05) is 36.4 Å². The van der Waals surface area contributed by atoms with E-state index in [9.17, 15) is 18.0 Å². The highest BCUT2D eigenvalue weighted by Crippen LogP contribution is 2.29. The lowest BCUT2D eigenvalue weighted by Gasteiger charge is -2.14. The molecule has 0 aliphatic carbocycles. The van der Waals surface area contributed by atoms with Gasteiger partial charge in [-0.15, -0.1) is 0 Å². The second kappa shape index (κ2) is 9.99. The highest BCUT2D eigenvalue weighted by atomic mass is 32.2. The molecular weight excluding hydrogens is 394 g/mol. The molecule has 0 atom stereocenters. The van der Waals surface area contributed by atoms with Crippen LogP contribution < -0.4 is 9.47 Å². The first-order valence-electron chi connectivity index (χ1n) is 8.86. The molecular formula is C21H23NO6S. The van der Waals surface area contributed by atoms with Crippen molar-refractivity contribution in [3.8, 4) is 11.5 Å². The molecule has 0 radical (unpaired) electrons. The quantitative estimate of drug-likeness (QED) is 0.484. The third-order valence-electron chi connectivity index (χ3n) is 3.90. The molecule has 2 aromatic rings. The van der Waals surface area contributed by atoms with Gasteiger partial charge in [0.25, 0.3) is 0 Å². The summed E-state index contributed by atoms with van der Waals surface area (Å²) < 4.78 is 36.3. The molecule has 29 heavy (non-hydrogen) atoms. The maximum atomic E-state index is 12.5. The molecule has 0 aromatic heterocycles. The van der Waals surface area contributed by atoms with Gasteiger partial charge in [0.05, 0.1) is 0 Å². The summed E-state index contributed by atoms with van der Waals surface area (Å²) in [6, 6.07) is 14.0. The van der Waals surface area contributed by atoms with Gasteiger partial charge >= 0.3 is 11.9 Å². The standard InChI is InChI=1S/C21H23NO6S/c1-16(23)27-20-10-9-19(15-21(20)28-17(2)24)12-14-29(25,26)22(3)13-11-18-7-5-4-6-8-18/h4-10,12,14-15H,11,13H2,1-3H3/b14-12+. The summed E-state index contributed by atoms with van der Waals surface area (Å²) in [4.78, 5) is 22.4. The maximum Gasteiger partial charge on any atom is 0.308 e. The van der Waals surface area contributed by atoms with E-state index in [-0.39, 0.29) is 11.5 Å². The van der Waals surface area contributed by atoms with Crippen LogP contribution in [0.3, 0.4) is 0 Å². The number of hydrogen-bond donors (Lipinski definition) is 0. The molecule has 0 bridgehead atoms. The largest absolute Gasteiger partial charge is 0.423 e. The number of benzene rings is 2. The van der Waals surface area contributed by atoms with Crippen molar-refractivity contribution in [3.05, 3.63) is 65.1 Å². The first-order valence-corrected chi connectivity index (χ1v) is 10.4. The smallest absolute Gasteiger partial charge is 0.308 e. The van der Waals surface area contributed by atoms with Crippen molar-refractivity contribution in [2.45, 2.75) is 20.3 Å². The van der Waals surface area contributed by atoms with Crippen molar-refractivity contribution >= 4 is 28.0 Å². The number of carbonyl (C=O) groups excluding carboxylic acids is 2. The first kappa shape index (κ1) is 22.3. The predicted molar refractivity (Wildman–Crippen MR) is 110 cm³/mol. The fourth-order valence-electron chi connectivity index (χ4n) is 2.43. The number of esters is 2. The molecule has 0 unspecified atom stereocenters. The van der Waals surface area contributed by atoms with Gasteiger partial charge in [0.15, 0.2) is 11.5 Å². The Hall–Kier alpha value is -2.97. The molecule has 0 amide bonds. The first-order chi connectivity index (χ1) is 13.7. The lowest BCUT2D eigenvalue weighted by molar-refractivity contribution is -0.134. The molecule has 0 aliphatic heterocycles.